The maximum atomic E-state index is 5.01. The number of hydrogen-bond acceptors (Lipinski definition) is 6. The van der Waals surface area contributed by atoms with Crippen LogP contribution in [0.15, 0.2) is 0 Å². The van der Waals surface area contributed by atoms with E-state index >= 15 is 0 Å². The fourth-order valence-corrected chi connectivity index (χ4v) is 2.06. The first-order valence-electron chi connectivity index (χ1n) is 7.88. The van der Waals surface area contributed by atoms with Crippen LogP contribution >= 0.6 is 0 Å². The van der Waals surface area contributed by atoms with Gasteiger partial charge in [-0.2, -0.15) is 9.97 Å². The van der Waals surface area contributed by atoms with Gasteiger partial charge in [-0.25, -0.2) is 0 Å². The van der Waals surface area contributed by atoms with E-state index in [0.29, 0.717) is 5.95 Å². The first kappa shape index (κ1) is 17.5. The number of ether oxygens (including phenoxy) is 2. The van der Waals surface area contributed by atoms with Crippen molar-refractivity contribution in [1.29, 1.82) is 0 Å². The molecule has 0 unspecified atom stereocenters. The highest BCUT2D eigenvalue weighted by molar-refractivity contribution is 5.27. The summed E-state index contributed by atoms with van der Waals surface area (Å²) in [5, 5.41) is 3.18. The minimum absolute atomic E-state index is 0.264. The minimum atomic E-state index is 0.264. The fourth-order valence-electron chi connectivity index (χ4n) is 2.06. The van der Waals surface area contributed by atoms with Crippen molar-refractivity contribution < 1.29 is 9.47 Å². The highest BCUT2D eigenvalue weighted by Gasteiger charge is 2.06. The lowest BCUT2D eigenvalue weighted by Crippen LogP contribution is -2.08. The van der Waals surface area contributed by atoms with Gasteiger partial charge in [0, 0.05) is 6.54 Å². The van der Waals surface area contributed by atoms with Crippen molar-refractivity contribution >= 4 is 5.95 Å². The summed E-state index contributed by atoms with van der Waals surface area (Å²) in [6, 6.07) is 0.528. The molecule has 0 fully saturated rings. The van der Waals surface area contributed by atoms with E-state index in [4.69, 9.17) is 9.47 Å². The summed E-state index contributed by atoms with van der Waals surface area (Å²) < 4.78 is 10.0. The summed E-state index contributed by atoms with van der Waals surface area (Å²) in [4.78, 5) is 12.2. The van der Waals surface area contributed by atoms with Crippen LogP contribution < -0.4 is 14.8 Å². The van der Waals surface area contributed by atoms with Crippen LogP contribution in [0.3, 0.4) is 0 Å². The Kier molecular flexibility index (Phi) is 9.24. The lowest BCUT2D eigenvalue weighted by molar-refractivity contribution is 0.341. The van der Waals surface area contributed by atoms with E-state index in [1.165, 1.54) is 59.2 Å². The largest absolute Gasteiger partial charge is 0.467 e. The van der Waals surface area contributed by atoms with Crippen molar-refractivity contribution in [3.8, 4) is 12.0 Å². The molecule has 1 rings (SSSR count). The predicted octanol–water partition coefficient (Wildman–Crippen LogP) is 3.44. The number of hydrogen-bond donors (Lipinski definition) is 1. The second-order valence-corrected chi connectivity index (χ2v) is 5.03. The first-order chi connectivity index (χ1) is 10.3. The van der Waals surface area contributed by atoms with Gasteiger partial charge in [-0.15, -0.1) is 4.98 Å². The van der Waals surface area contributed by atoms with Gasteiger partial charge >= 0.3 is 12.0 Å². The van der Waals surface area contributed by atoms with Crippen LogP contribution in [0.1, 0.15) is 58.3 Å². The van der Waals surface area contributed by atoms with Gasteiger partial charge in [-0.3, -0.25) is 0 Å². The van der Waals surface area contributed by atoms with Crippen molar-refractivity contribution in [2.75, 3.05) is 26.1 Å². The summed E-state index contributed by atoms with van der Waals surface area (Å²) in [5.74, 6) is 0.502. The van der Waals surface area contributed by atoms with E-state index in [-0.39, 0.29) is 12.0 Å². The van der Waals surface area contributed by atoms with Gasteiger partial charge in [-0.05, 0) is 6.42 Å². The SMILES string of the molecule is CCCCCCCCCCNc1nc(OC)nc(OC)n1. The summed E-state index contributed by atoms with van der Waals surface area (Å²) in [5.41, 5.74) is 0. The molecule has 1 aromatic rings. The quantitative estimate of drug-likeness (QED) is 0.596. The molecule has 0 saturated heterocycles. The van der Waals surface area contributed by atoms with Crippen LogP contribution in [-0.4, -0.2) is 35.7 Å². The molecule has 1 heterocycles. The van der Waals surface area contributed by atoms with E-state index in [2.05, 4.69) is 27.2 Å². The van der Waals surface area contributed by atoms with Crippen molar-refractivity contribution in [2.45, 2.75) is 58.3 Å². The molecule has 21 heavy (non-hydrogen) atoms. The van der Waals surface area contributed by atoms with Crippen LogP contribution in [0.5, 0.6) is 12.0 Å². The van der Waals surface area contributed by atoms with Crippen molar-refractivity contribution in [1.82, 2.24) is 15.0 Å². The second-order valence-electron chi connectivity index (χ2n) is 5.03. The first-order valence-corrected chi connectivity index (χ1v) is 7.88. The van der Waals surface area contributed by atoms with Gasteiger partial charge in [0.1, 0.15) is 0 Å². The second kappa shape index (κ2) is 11.1. The van der Waals surface area contributed by atoms with E-state index in [1.54, 1.807) is 0 Å². The van der Waals surface area contributed by atoms with Crippen LogP contribution in [0.2, 0.25) is 0 Å². The number of aromatic nitrogens is 3. The zero-order valence-electron chi connectivity index (χ0n) is 13.5. The van der Waals surface area contributed by atoms with Gasteiger partial charge < -0.3 is 14.8 Å². The highest BCUT2D eigenvalue weighted by atomic mass is 16.5. The molecular weight excluding hydrogens is 268 g/mol. The molecule has 0 spiro atoms. The van der Waals surface area contributed by atoms with Crippen molar-refractivity contribution in [2.24, 2.45) is 0 Å². The summed E-state index contributed by atoms with van der Waals surface area (Å²) in [7, 11) is 3.05. The molecule has 0 bridgehead atoms. The zero-order chi connectivity index (χ0) is 15.3. The molecule has 0 amide bonds. The smallest absolute Gasteiger partial charge is 0.324 e. The predicted molar refractivity (Wildman–Crippen MR) is 84.0 cm³/mol. The van der Waals surface area contributed by atoms with E-state index in [0.717, 1.165) is 13.0 Å². The number of unbranched alkanes of at least 4 members (excludes halogenated alkanes) is 7. The number of nitrogens with one attached hydrogen (secondary N) is 1. The average Bonchev–Trinajstić information content (AvgIpc) is 2.52. The number of anilines is 1. The third-order valence-electron chi connectivity index (χ3n) is 3.27. The Morgan fingerprint density at radius 3 is 1.81 bits per heavy atom. The third kappa shape index (κ3) is 7.68. The summed E-state index contributed by atoms with van der Waals surface area (Å²) in [6.45, 7) is 3.10. The third-order valence-corrected chi connectivity index (χ3v) is 3.27. The molecule has 0 aliphatic heterocycles. The molecule has 0 aliphatic carbocycles. The molecule has 0 saturated carbocycles. The Hall–Kier alpha value is -1.59. The molecule has 0 aromatic carbocycles. The van der Waals surface area contributed by atoms with Crippen LogP contribution in [-0.2, 0) is 0 Å². The fraction of sp³-hybridized carbons (Fsp3) is 0.800. The van der Waals surface area contributed by atoms with E-state index in [1.807, 2.05) is 0 Å². The molecule has 0 radical (unpaired) electrons. The Morgan fingerprint density at radius 1 is 0.762 bits per heavy atom. The molecule has 1 aromatic heterocycles. The molecule has 120 valence electrons. The highest BCUT2D eigenvalue weighted by Crippen LogP contribution is 2.12. The Balaban J connectivity index is 2.15. The van der Waals surface area contributed by atoms with E-state index < -0.39 is 0 Å². The van der Waals surface area contributed by atoms with Crippen molar-refractivity contribution in [3.63, 3.8) is 0 Å². The van der Waals surface area contributed by atoms with Crippen LogP contribution in [0.4, 0.5) is 5.95 Å². The lowest BCUT2D eigenvalue weighted by atomic mass is 10.1. The Morgan fingerprint density at radius 2 is 1.29 bits per heavy atom. The monoisotopic (exact) mass is 296 g/mol. The van der Waals surface area contributed by atoms with Gasteiger partial charge in [0.05, 0.1) is 14.2 Å². The Bertz CT molecular complexity index is 366. The maximum absolute atomic E-state index is 5.01. The molecule has 1 N–H and O–H groups in total. The van der Waals surface area contributed by atoms with Gasteiger partial charge in [0.25, 0.3) is 0 Å². The standard InChI is InChI=1S/C15H28N4O2/c1-4-5-6-7-8-9-10-11-12-16-13-17-14(20-2)19-15(18-13)21-3/h4-12H2,1-3H3,(H,16,17,18,19). The molecule has 6 nitrogen and oxygen atoms in total. The lowest BCUT2D eigenvalue weighted by Gasteiger charge is -2.07. The van der Waals surface area contributed by atoms with Crippen molar-refractivity contribution in [3.05, 3.63) is 0 Å². The molecule has 0 aliphatic rings. The number of nitrogens with zero attached hydrogens (tertiary/aromatic N) is 3. The molecule has 6 heteroatoms. The maximum Gasteiger partial charge on any atom is 0.324 e. The molecule has 0 atom stereocenters. The van der Waals surface area contributed by atoms with Gasteiger partial charge in [0.2, 0.25) is 5.95 Å². The number of rotatable bonds is 12. The number of methoxy groups -OCH3 is 2. The normalized spacial score (nSPS) is 10.4. The van der Waals surface area contributed by atoms with E-state index in [9.17, 15) is 0 Å². The topological polar surface area (TPSA) is 69.2 Å². The van der Waals surface area contributed by atoms with Crippen LogP contribution in [0.25, 0.3) is 0 Å². The van der Waals surface area contributed by atoms with Gasteiger partial charge in [-0.1, -0.05) is 51.9 Å². The summed E-state index contributed by atoms with van der Waals surface area (Å²) >= 11 is 0. The zero-order valence-corrected chi connectivity index (χ0v) is 13.5. The Labute approximate surface area is 127 Å². The van der Waals surface area contributed by atoms with Gasteiger partial charge in [0.15, 0.2) is 0 Å². The summed E-state index contributed by atoms with van der Waals surface area (Å²) in [6.07, 6.45) is 10.4. The van der Waals surface area contributed by atoms with Crippen LogP contribution in [0, 0.1) is 0 Å². The molecular formula is C15H28N4O2. The minimum Gasteiger partial charge on any atom is -0.467 e. The average molecular weight is 296 g/mol.